The second-order valence-corrected chi connectivity index (χ2v) is 9.08. The molecule has 0 radical (unpaired) electrons. The number of carbonyl (C=O) groups excluding carboxylic acids is 1. The van der Waals surface area contributed by atoms with Gasteiger partial charge in [-0.25, -0.2) is 4.68 Å². The number of hydrogen-bond donors (Lipinski definition) is 0. The Labute approximate surface area is 195 Å². The van der Waals surface area contributed by atoms with Crippen LogP contribution in [0, 0.1) is 0 Å². The normalized spacial score (nSPS) is 17.9. The van der Waals surface area contributed by atoms with Gasteiger partial charge in [-0.3, -0.25) is 9.78 Å². The Morgan fingerprint density at radius 3 is 2.48 bits per heavy atom. The van der Waals surface area contributed by atoms with Gasteiger partial charge < -0.3 is 9.80 Å². The van der Waals surface area contributed by atoms with Gasteiger partial charge in [-0.1, -0.05) is 30.7 Å². The van der Waals surface area contributed by atoms with E-state index < -0.39 is 0 Å². The van der Waals surface area contributed by atoms with Gasteiger partial charge in [0.05, 0.1) is 5.69 Å². The third-order valence-electron chi connectivity index (χ3n) is 7.05. The van der Waals surface area contributed by atoms with Gasteiger partial charge in [0.1, 0.15) is 5.69 Å². The standard InChI is InChI=1S/C26H32N6O/c1-2-20-7-6-8-23(19-20)32-25(21-9-13-27-14-10-21)24(28-29-32)26(33)31-17-11-22(12-18-31)30-15-4-3-5-16-30/h6-10,13-14,19,22H,2-5,11-12,15-18H2,1H3. The molecule has 0 saturated carbocycles. The molecule has 0 aliphatic carbocycles. The first kappa shape index (κ1) is 21.8. The van der Waals surface area contributed by atoms with Crippen LogP contribution in [-0.4, -0.2) is 67.9 Å². The molecule has 0 spiro atoms. The molecular weight excluding hydrogens is 412 g/mol. The molecule has 1 aromatic carbocycles. The second-order valence-electron chi connectivity index (χ2n) is 9.08. The number of pyridine rings is 1. The zero-order chi connectivity index (χ0) is 22.6. The maximum atomic E-state index is 13.6. The van der Waals surface area contributed by atoms with E-state index in [9.17, 15) is 4.79 Å². The van der Waals surface area contributed by atoms with Crippen LogP contribution in [0.15, 0.2) is 48.8 Å². The van der Waals surface area contributed by atoms with E-state index >= 15 is 0 Å². The van der Waals surface area contributed by atoms with Crippen LogP contribution >= 0.6 is 0 Å². The van der Waals surface area contributed by atoms with E-state index in [1.165, 1.54) is 37.9 Å². The molecule has 2 aliphatic heterocycles. The predicted octanol–water partition coefficient (Wildman–Crippen LogP) is 3.98. The van der Waals surface area contributed by atoms with Crippen LogP contribution in [0.2, 0.25) is 0 Å². The van der Waals surface area contributed by atoms with E-state index in [-0.39, 0.29) is 5.91 Å². The Kier molecular flexibility index (Phi) is 6.48. The van der Waals surface area contributed by atoms with Gasteiger partial charge in [0.2, 0.25) is 0 Å². The largest absolute Gasteiger partial charge is 0.337 e. The summed E-state index contributed by atoms with van der Waals surface area (Å²) in [5.41, 5.74) is 4.17. The number of aromatic nitrogens is 4. The highest BCUT2D eigenvalue weighted by atomic mass is 16.2. The third-order valence-corrected chi connectivity index (χ3v) is 7.05. The van der Waals surface area contributed by atoms with Crippen LogP contribution in [0.3, 0.4) is 0 Å². The van der Waals surface area contributed by atoms with Crippen molar-refractivity contribution in [1.29, 1.82) is 0 Å². The fourth-order valence-corrected chi connectivity index (χ4v) is 5.15. The molecule has 5 rings (SSSR count). The molecular formula is C26H32N6O. The van der Waals surface area contributed by atoms with Gasteiger partial charge in [0.25, 0.3) is 5.91 Å². The van der Waals surface area contributed by atoms with Crippen LogP contribution in [0.25, 0.3) is 16.9 Å². The monoisotopic (exact) mass is 444 g/mol. The first-order valence-electron chi connectivity index (χ1n) is 12.2. The number of carbonyl (C=O) groups is 1. The first-order chi connectivity index (χ1) is 16.2. The van der Waals surface area contributed by atoms with Crippen LogP contribution in [0.5, 0.6) is 0 Å². The van der Waals surface area contributed by atoms with Crippen molar-refractivity contribution in [2.45, 2.75) is 51.5 Å². The van der Waals surface area contributed by atoms with Gasteiger partial charge in [0, 0.05) is 37.1 Å². The lowest BCUT2D eigenvalue weighted by atomic mass is 9.99. The molecule has 0 bridgehead atoms. The Morgan fingerprint density at radius 2 is 1.76 bits per heavy atom. The number of nitrogens with zero attached hydrogens (tertiary/aromatic N) is 6. The van der Waals surface area contributed by atoms with Crippen molar-refractivity contribution in [3.63, 3.8) is 0 Å². The number of amides is 1. The summed E-state index contributed by atoms with van der Waals surface area (Å²) in [6.07, 6.45) is 10.4. The number of benzene rings is 1. The average molecular weight is 445 g/mol. The Balaban J connectivity index is 1.42. The van der Waals surface area contributed by atoms with Crippen molar-refractivity contribution in [3.05, 3.63) is 60.0 Å². The minimum absolute atomic E-state index is 0.0307. The smallest absolute Gasteiger partial charge is 0.276 e. The van der Waals surface area contributed by atoms with E-state index in [2.05, 4.69) is 39.3 Å². The Bertz CT molecular complexity index is 1080. The van der Waals surface area contributed by atoms with Crippen LogP contribution in [-0.2, 0) is 6.42 Å². The predicted molar refractivity (Wildman–Crippen MR) is 128 cm³/mol. The highest BCUT2D eigenvalue weighted by Crippen LogP contribution is 2.28. The molecule has 3 aromatic rings. The average Bonchev–Trinajstić information content (AvgIpc) is 3.35. The Hall–Kier alpha value is -3.06. The van der Waals surface area contributed by atoms with Gasteiger partial charge in [-0.15, -0.1) is 5.10 Å². The Morgan fingerprint density at radius 1 is 1.00 bits per heavy atom. The molecule has 7 heteroatoms. The van der Waals surface area contributed by atoms with Crippen molar-refractivity contribution in [2.75, 3.05) is 26.2 Å². The van der Waals surface area contributed by atoms with E-state index in [0.29, 0.717) is 11.7 Å². The SMILES string of the molecule is CCc1cccc(-n2nnc(C(=O)N3CCC(N4CCCCC4)CC3)c2-c2ccncc2)c1. The lowest BCUT2D eigenvalue weighted by molar-refractivity contribution is 0.0585. The fourth-order valence-electron chi connectivity index (χ4n) is 5.15. The summed E-state index contributed by atoms with van der Waals surface area (Å²) in [7, 11) is 0. The van der Waals surface area contributed by atoms with Crippen LogP contribution < -0.4 is 0 Å². The molecule has 1 amide bonds. The molecule has 2 aliphatic rings. The van der Waals surface area contributed by atoms with Crippen LogP contribution in [0.4, 0.5) is 0 Å². The van der Waals surface area contributed by atoms with Gasteiger partial charge >= 0.3 is 0 Å². The molecule has 0 atom stereocenters. The third kappa shape index (κ3) is 4.55. The molecule has 2 saturated heterocycles. The zero-order valence-corrected chi connectivity index (χ0v) is 19.4. The number of rotatable bonds is 5. The molecule has 33 heavy (non-hydrogen) atoms. The maximum Gasteiger partial charge on any atom is 0.276 e. The summed E-state index contributed by atoms with van der Waals surface area (Å²) >= 11 is 0. The van der Waals surface area contributed by atoms with Crippen molar-refractivity contribution in [2.24, 2.45) is 0 Å². The summed E-state index contributed by atoms with van der Waals surface area (Å²) in [4.78, 5) is 22.4. The molecule has 0 unspecified atom stereocenters. The topological polar surface area (TPSA) is 67.2 Å². The number of hydrogen-bond acceptors (Lipinski definition) is 5. The van der Waals surface area contributed by atoms with E-state index in [0.717, 1.165) is 49.3 Å². The van der Waals surface area contributed by atoms with Gasteiger partial charge in [0.15, 0.2) is 5.69 Å². The summed E-state index contributed by atoms with van der Waals surface area (Å²) < 4.78 is 1.79. The lowest BCUT2D eigenvalue weighted by Crippen LogP contribution is -2.48. The molecule has 0 N–H and O–H groups in total. The quantitative estimate of drug-likeness (QED) is 0.595. The number of piperidine rings is 2. The molecule has 7 nitrogen and oxygen atoms in total. The van der Waals surface area contributed by atoms with E-state index in [1.807, 2.05) is 29.2 Å². The highest BCUT2D eigenvalue weighted by molar-refractivity contribution is 5.98. The van der Waals surface area contributed by atoms with Gasteiger partial charge in [-0.2, -0.15) is 0 Å². The van der Waals surface area contributed by atoms with Crippen molar-refractivity contribution >= 4 is 5.91 Å². The zero-order valence-electron chi connectivity index (χ0n) is 19.4. The van der Waals surface area contributed by atoms with Gasteiger partial charge in [-0.05, 0) is 75.0 Å². The van der Waals surface area contributed by atoms with E-state index in [1.54, 1.807) is 17.1 Å². The number of aryl methyl sites for hydroxylation is 1. The molecule has 2 aromatic heterocycles. The van der Waals surface area contributed by atoms with Crippen molar-refractivity contribution < 1.29 is 4.79 Å². The van der Waals surface area contributed by atoms with Crippen LogP contribution in [0.1, 0.15) is 55.1 Å². The maximum absolute atomic E-state index is 13.6. The second kappa shape index (κ2) is 9.83. The highest BCUT2D eigenvalue weighted by Gasteiger charge is 2.31. The number of likely N-dealkylation sites (tertiary alicyclic amines) is 2. The lowest BCUT2D eigenvalue weighted by Gasteiger charge is -2.40. The first-order valence-corrected chi connectivity index (χ1v) is 12.2. The summed E-state index contributed by atoms with van der Waals surface area (Å²) in [6, 6.07) is 12.7. The minimum Gasteiger partial charge on any atom is -0.337 e. The summed E-state index contributed by atoms with van der Waals surface area (Å²) in [5.74, 6) is -0.0307. The summed E-state index contributed by atoms with van der Waals surface area (Å²) in [6.45, 7) is 6.08. The van der Waals surface area contributed by atoms with Crippen molar-refractivity contribution in [3.8, 4) is 16.9 Å². The minimum atomic E-state index is -0.0307. The summed E-state index contributed by atoms with van der Waals surface area (Å²) in [5, 5.41) is 8.83. The molecule has 4 heterocycles. The molecule has 2 fully saturated rings. The van der Waals surface area contributed by atoms with E-state index in [4.69, 9.17) is 0 Å². The molecule has 172 valence electrons. The van der Waals surface area contributed by atoms with Crippen molar-refractivity contribution in [1.82, 2.24) is 29.8 Å². The fraction of sp³-hybridized carbons (Fsp3) is 0.462.